The minimum absolute atomic E-state index is 0.262. The van der Waals surface area contributed by atoms with Gasteiger partial charge < -0.3 is 0 Å². The highest BCUT2D eigenvalue weighted by Crippen LogP contribution is 2.51. The summed E-state index contributed by atoms with van der Waals surface area (Å²) < 4.78 is 0. The SMILES string of the molecule is CC1=Cc2ccc(/C=C/C3=C/C/C=C\C(c4cccc5c(-c6ccccc6)ccc(-c6ccccc6)c45)=C/C(C)/C=C\3)cc2C12CCCCC2. The Labute approximate surface area is 298 Å². The van der Waals surface area contributed by atoms with Gasteiger partial charge in [-0.15, -0.1) is 0 Å². The van der Waals surface area contributed by atoms with Crippen LogP contribution in [0.4, 0.5) is 0 Å². The van der Waals surface area contributed by atoms with Crippen LogP contribution in [0.3, 0.4) is 0 Å². The molecule has 0 nitrogen and oxygen atoms in total. The third-order valence-electron chi connectivity index (χ3n) is 11.2. The molecule has 0 bridgehead atoms. The van der Waals surface area contributed by atoms with Crippen LogP contribution in [0.1, 0.15) is 74.6 Å². The highest BCUT2D eigenvalue weighted by molar-refractivity contribution is 6.10. The molecule has 3 aliphatic rings. The zero-order chi connectivity index (χ0) is 33.9. The molecule has 1 unspecified atom stereocenters. The zero-order valence-electron chi connectivity index (χ0n) is 29.4. The van der Waals surface area contributed by atoms with Gasteiger partial charge in [0.25, 0.3) is 0 Å². The van der Waals surface area contributed by atoms with E-state index in [2.05, 4.69) is 178 Å². The molecule has 3 aliphatic carbocycles. The van der Waals surface area contributed by atoms with Gasteiger partial charge in [-0.05, 0) is 98.5 Å². The Morgan fingerprint density at radius 2 is 1.42 bits per heavy atom. The van der Waals surface area contributed by atoms with Crippen molar-refractivity contribution in [2.45, 2.75) is 57.8 Å². The Kier molecular flexibility index (Phi) is 8.95. The van der Waals surface area contributed by atoms with E-state index in [1.807, 2.05) is 0 Å². The van der Waals surface area contributed by atoms with Crippen LogP contribution in [0, 0.1) is 5.92 Å². The summed E-state index contributed by atoms with van der Waals surface area (Å²) in [4.78, 5) is 0. The molecular weight excluding hydrogens is 601 g/mol. The number of allylic oxidation sites excluding steroid dienone is 10. The summed E-state index contributed by atoms with van der Waals surface area (Å²) in [5.74, 6) is 0.262. The van der Waals surface area contributed by atoms with Crippen LogP contribution in [-0.4, -0.2) is 0 Å². The number of rotatable bonds is 5. The third kappa shape index (κ3) is 6.20. The van der Waals surface area contributed by atoms with Crippen LogP contribution in [0.15, 0.2) is 163 Å². The standard InChI is InChI=1S/C50H46/c1-36-23-24-38(25-26-39-27-28-43-34-37(2)50(48(43)35-39)31-12-5-13-32-50)15-10-11-20-42(33-36)45-21-14-22-47-44(40-16-6-3-7-17-40)29-30-46(49(45)47)41-18-8-4-9-19-41/h3-4,6-9,11,14-30,33-36H,5,10,12-13,31-32H2,1-2H3/b20-11-,24-23-,26-25+,38-15+,42-33+. The first-order chi connectivity index (χ1) is 24.6. The van der Waals surface area contributed by atoms with Crippen molar-refractivity contribution in [1.29, 1.82) is 0 Å². The summed E-state index contributed by atoms with van der Waals surface area (Å²) in [6, 6.07) is 40.1. The Bertz CT molecular complexity index is 2210. The van der Waals surface area contributed by atoms with Gasteiger partial charge in [-0.2, -0.15) is 0 Å². The number of hydrogen-bond donors (Lipinski definition) is 0. The third-order valence-corrected chi connectivity index (χ3v) is 11.2. The molecule has 50 heavy (non-hydrogen) atoms. The summed E-state index contributed by atoms with van der Waals surface area (Å²) >= 11 is 0. The lowest BCUT2D eigenvalue weighted by atomic mass is 9.67. The van der Waals surface area contributed by atoms with Crippen LogP contribution >= 0.6 is 0 Å². The molecule has 5 aromatic rings. The zero-order valence-corrected chi connectivity index (χ0v) is 29.4. The van der Waals surface area contributed by atoms with E-state index in [-0.39, 0.29) is 11.3 Å². The van der Waals surface area contributed by atoms with E-state index in [1.165, 1.54) is 93.0 Å². The van der Waals surface area contributed by atoms with Gasteiger partial charge in [-0.1, -0.05) is 196 Å². The van der Waals surface area contributed by atoms with Crippen molar-refractivity contribution < 1.29 is 0 Å². The largest absolute Gasteiger partial charge is 0.0801 e. The minimum atomic E-state index is 0.262. The molecule has 0 aromatic heterocycles. The average molecular weight is 647 g/mol. The van der Waals surface area contributed by atoms with Crippen molar-refractivity contribution in [3.63, 3.8) is 0 Å². The molecule has 8 rings (SSSR count). The van der Waals surface area contributed by atoms with Gasteiger partial charge in [-0.3, -0.25) is 0 Å². The van der Waals surface area contributed by atoms with E-state index in [1.54, 1.807) is 11.1 Å². The fourth-order valence-corrected chi connectivity index (χ4v) is 8.62. The van der Waals surface area contributed by atoms with Crippen LogP contribution in [0.25, 0.3) is 50.8 Å². The van der Waals surface area contributed by atoms with E-state index < -0.39 is 0 Å². The maximum atomic E-state index is 2.48. The first-order valence-electron chi connectivity index (χ1n) is 18.5. The molecule has 0 saturated heterocycles. The lowest BCUT2D eigenvalue weighted by Crippen LogP contribution is -2.28. The topological polar surface area (TPSA) is 0 Å². The smallest absolute Gasteiger partial charge is 0.0168 e. The van der Waals surface area contributed by atoms with Crippen molar-refractivity contribution in [2.24, 2.45) is 5.92 Å². The Balaban J connectivity index is 1.11. The van der Waals surface area contributed by atoms with Gasteiger partial charge in [-0.25, -0.2) is 0 Å². The molecule has 0 heterocycles. The molecule has 0 aliphatic heterocycles. The normalized spacial score (nSPS) is 22.0. The second-order valence-electron chi connectivity index (χ2n) is 14.5. The molecule has 0 radical (unpaired) electrons. The van der Waals surface area contributed by atoms with Gasteiger partial charge in [0.2, 0.25) is 0 Å². The summed E-state index contributed by atoms with van der Waals surface area (Å²) in [5.41, 5.74) is 14.9. The molecule has 1 spiro atoms. The predicted molar refractivity (Wildman–Crippen MR) is 217 cm³/mol. The van der Waals surface area contributed by atoms with Gasteiger partial charge in [0, 0.05) is 5.41 Å². The van der Waals surface area contributed by atoms with Crippen molar-refractivity contribution in [3.8, 4) is 22.3 Å². The van der Waals surface area contributed by atoms with E-state index >= 15 is 0 Å². The Morgan fingerprint density at radius 3 is 2.20 bits per heavy atom. The van der Waals surface area contributed by atoms with Gasteiger partial charge in [0.05, 0.1) is 0 Å². The average Bonchev–Trinajstić information content (AvgIpc) is 3.42. The maximum absolute atomic E-state index is 2.48. The molecule has 1 atom stereocenters. The number of benzene rings is 5. The Hall–Kier alpha value is -5.20. The lowest BCUT2D eigenvalue weighted by Gasteiger charge is -2.36. The summed E-state index contributed by atoms with van der Waals surface area (Å²) in [5, 5.41) is 2.59. The quantitative estimate of drug-likeness (QED) is 0.178. The Morgan fingerprint density at radius 1 is 0.680 bits per heavy atom. The van der Waals surface area contributed by atoms with Crippen molar-refractivity contribution in [3.05, 3.63) is 185 Å². The van der Waals surface area contributed by atoms with E-state index in [4.69, 9.17) is 0 Å². The van der Waals surface area contributed by atoms with Crippen LogP contribution in [0.5, 0.6) is 0 Å². The predicted octanol–water partition coefficient (Wildman–Crippen LogP) is 14.0. The van der Waals surface area contributed by atoms with Crippen molar-refractivity contribution in [2.75, 3.05) is 0 Å². The first-order valence-corrected chi connectivity index (χ1v) is 18.5. The minimum Gasteiger partial charge on any atom is -0.0801 e. The summed E-state index contributed by atoms with van der Waals surface area (Å²) in [7, 11) is 0. The summed E-state index contributed by atoms with van der Waals surface area (Å²) in [6.45, 7) is 4.65. The second-order valence-corrected chi connectivity index (χ2v) is 14.5. The molecule has 1 saturated carbocycles. The van der Waals surface area contributed by atoms with E-state index in [0.717, 1.165) is 6.42 Å². The number of fused-ring (bicyclic) bond motifs is 3. The highest BCUT2D eigenvalue weighted by Gasteiger charge is 2.40. The number of hydrogen-bond acceptors (Lipinski definition) is 0. The molecule has 246 valence electrons. The fourth-order valence-electron chi connectivity index (χ4n) is 8.62. The van der Waals surface area contributed by atoms with Crippen molar-refractivity contribution >= 4 is 28.5 Å². The van der Waals surface area contributed by atoms with Crippen molar-refractivity contribution in [1.82, 2.24) is 0 Å². The maximum Gasteiger partial charge on any atom is 0.0168 e. The molecule has 5 aromatic carbocycles. The molecule has 0 N–H and O–H groups in total. The molecule has 0 heteroatoms. The second kappa shape index (κ2) is 14.0. The monoisotopic (exact) mass is 646 g/mol. The van der Waals surface area contributed by atoms with Crippen LogP contribution in [-0.2, 0) is 5.41 Å². The first kappa shape index (κ1) is 32.0. The van der Waals surface area contributed by atoms with E-state index in [9.17, 15) is 0 Å². The van der Waals surface area contributed by atoms with Gasteiger partial charge in [0.15, 0.2) is 0 Å². The van der Waals surface area contributed by atoms with Crippen LogP contribution in [0.2, 0.25) is 0 Å². The summed E-state index contributed by atoms with van der Waals surface area (Å²) in [6.07, 6.45) is 28.7. The van der Waals surface area contributed by atoms with Gasteiger partial charge >= 0.3 is 0 Å². The molecular formula is C50H46. The fraction of sp³-hybridized carbons (Fsp3) is 0.200. The lowest BCUT2D eigenvalue weighted by molar-refractivity contribution is 0.345. The highest BCUT2D eigenvalue weighted by atomic mass is 14.4. The van der Waals surface area contributed by atoms with Gasteiger partial charge in [0.1, 0.15) is 0 Å². The molecule has 0 amide bonds. The van der Waals surface area contributed by atoms with E-state index in [0.29, 0.717) is 0 Å². The van der Waals surface area contributed by atoms with Crippen LogP contribution < -0.4 is 0 Å². The molecule has 1 fully saturated rings.